The van der Waals surface area contributed by atoms with Crippen LogP contribution in [0, 0.1) is 0 Å². The van der Waals surface area contributed by atoms with E-state index in [1.165, 1.54) is 14.0 Å². The Kier molecular flexibility index (Phi) is 33.7. The molecule has 10 aromatic heterocycles. The van der Waals surface area contributed by atoms with Crippen LogP contribution in [0.1, 0.15) is 62.5 Å². The van der Waals surface area contributed by atoms with Crippen LogP contribution in [0.15, 0.2) is 195 Å². The van der Waals surface area contributed by atoms with Crippen molar-refractivity contribution in [1.82, 2.24) is 114 Å². The maximum Gasteiger partial charge on any atom is 0.246 e. The van der Waals surface area contributed by atoms with Gasteiger partial charge in [0.15, 0.2) is 18.9 Å². The van der Waals surface area contributed by atoms with E-state index in [-0.39, 0.29) is 32.1 Å². The number of aliphatic hydroxyl groups excluding tert-OH is 12. The van der Waals surface area contributed by atoms with E-state index in [9.17, 15) is 66.1 Å². The molecule has 41 nitrogen and oxygen atoms in total. The Bertz CT molecular complexity index is 4640. The Labute approximate surface area is 702 Å². The average Bonchev–Trinajstić information content (AvgIpc) is 1.48. The standard InChI is InChI=1S/C32H44N10O10.C25H28N8O.C24H33N7O5/c43-25-23(51-31(49)29(47)27(25)45)17-41-15-21(35-37-41)13-40(10-9-39(11-19-5-1-3-7-33-19)12-20-6-2-4-8-34-20)14-22-16-42(38-36-22)18-24-26(44)28(46)30(48)32(50)52-24;26-12-11-20-7-9-21(10-8-20)29-25(34)19-33-18-24(30-31-33)17-32(15-22-5-1-3-13-27-22)16-23-6-2-4-14-28-23;1-29(10-11-30(13-17-6-2-4-8-25-17)14-18-7-3-5-9-26-18)12-19-15-31(28-27-19)16-20-21(32)22(33)23(34)24(35)36-20/h1-8,15-16,23-32,43-50H,9-14,17-18H2;1-10,13-14,18H,11-12,15-17,19,26H2,(H,29,34);2-9,15,20-24,32-35H,10-14,16H2,1H3/t23-,24-,25+,26+,27+,28+,29-,30-,31+,32+;;20-,21+,22+,23-,24+/m1.1/s1. The third-order valence-corrected chi connectivity index (χ3v) is 20.3. The Morgan fingerprint density at radius 2 is 0.639 bits per heavy atom. The lowest BCUT2D eigenvalue weighted by atomic mass is 9.99. The highest BCUT2D eigenvalue weighted by molar-refractivity contribution is 5.90. The summed E-state index contributed by atoms with van der Waals surface area (Å²) in [6, 6.07) is 42.7. The minimum Gasteiger partial charge on any atom is -0.388 e. The second kappa shape index (κ2) is 45.4. The lowest BCUT2D eigenvalue weighted by Crippen LogP contribution is -2.58. The number of nitrogens with one attached hydrogen (secondary N) is 1. The van der Waals surface area contributed by atoms with E-state index < -0.39 is 92.1 Å². The lowest BCUT2D eigenvalue weighted by molar-refractivity contribution is -0.284. The van der Waals surface area contributed by atoms with Crippen LogP contribution in [0.4, 0.5) is 5.69 Å². The Hall–Kier alpha value is -10.7. The monoisotopic (exact) mass is 1680 g/mol. The largest absolute Gasteiger partial charge is 0.388 e. The molecule has 15 N–H and O–H groups in total. The first-order valence-corrected chi connectivity index (χ1v) is 39.9. The Morgan fingerprint density at radius 3 is 0.959 bits per heavy atom. The zero-order valence-corrected chi connectivity index (χ0v) is 67.1. The van der Waals surface area contributed by atoms with E-state index in [4.69, 9.17) is 19.9 Å². The smallest absolute Gasteiger partial charge is 0.246 e. The number of aromatic nitrogens is 18. The molecule has 0 aliphatic carbocycles. The number of likely N-dealkylation sites (N-methyl/N-ethyl adjacent to an activating group) is 1. The van der Waals surface area contributed by atoms with Crippen molar-refractivity contribution in [2.45, 2.75) is 190 Å². The summed E-state index contributed by atoms with van der Waals surface area (Å²) in [4.78, 5) is 50.1. The van der Waals surface area contributed by atoms with Crippen molar-refractivity contribution in [2.75, 3.05) is 45.1 Å². The SMILES string of the molecule is CN(CCN(Cc1ccccn1)Cc1ccccn1)Cc1cn(C[C@H]2O[C@H](O)[C@H](O)[C@@H](O)[C@H]2O)nn1.NCCc1ccc(NC(=O)Cn2cc(CN(Cc3ccccn3)Cc3ccccn3)nn2)cc1.O[C@@H]1[C@@H](O)[C@@H](O)O[C@H](Cn2cc(CN(CCN(Cc3ccccn3)Cc3ccccn3)Cc3cn(C[C@H]4O[C@H](O)[C@H](O)[C@@H](O)[C@H]4O)nn3)nn2)[C@@H]1O. The number of nitrogens with zero attached hydrogens (tertiary/aromatic N) is 23. The van der Waals surface area contributed by atoms with Crippen LogP contribution in [0.3, 0.4) is 0 Å². The number of benzene rings is 1. The summed E-state index contributed by atoms with van der Waals surface area (Å²) >= 11 is 0. The van der Waals surface area contributed by atoms with Crippen molar-refractivity contribution >= 4 is 11.6 Å². The third-order valence-electron chi connectivity index (χ3n) is 20.3. The molecule has 0 radical (unpaired) electrons. The molecule has 1 amide bonds. The first-order valence-electron chi connectivity index (χ1n) is 39.9. The average molecular weight is 1680 g/mol. The first kappa shape index (κ1) is 90.5. The van der Waals surface area contributed by atoms with Gasteiger partial charge >= 0.3 is 0 Å². The zero-order chi connectivity index (χ0) is 85.9. The van der Waals surface area contributed by atoms with Crippen molar-refractivity contribution < 1.29 is 80.3 Å². The number of hydrogen-bond donors (Lipinski definition) is 14. The number of rotatable bonds is 37. The van der Waals surface area contributed by atoms with Gasteiger partial charge in [0.05, 0.1) is 82.8 Å². The van der Waals surface area contributed by atoms with Crippen LogP contribution in [0.5, 0.6) is 0 Å². The van der Waals surface area contributed by atoms with Gasteiger partial charge in [0.2, 0.25) is 5.91 Å². The van der Waals surface area contributed by atoms with Gasteiger partial charge in [-0.25, -0.2) is 18.7 Å². The van der Waals surface area contributed by atoms with Gasteiger partial charge in [-0.05, 0) is 111 Å². The number of pyridine rings is 6. The van der Waals surface area contributed by atoms with E-state index in [2.05, 4.69) is 101 Å². The molecule has 1 aromatic carbocycles. The number of nitrogens with two attached hydrogens (primary N) is 1. The maximum atomic E-state index is 12.5. The molecular weight excluding hydrogens is 1580 g/mol. The van der Waals surface area contributed by atoms with Crippen molar-refractivity contribution in [3.8, 4) is 0 Å². The summed E-state index contributed by atoms with van der Waals surface area (Å²) in [7, 11) is 2.00. The van der Waals surface area contributed by atoms with E-state index in [1.807, 2.05) is 141 Å². The highest BCUT2D eigenvalue weighted by Gasteiger charge is 2.46. The summed E-state index contributed by atoms with van der Waals surface area (Å²) in [5, 5.41) is 156. The van der Waals surface area contributed by atoms with Crippen LogP contribution in [-0.4, -0.2) is 313 Å². The molecule has 0 unspecified atom stereocenters. The molecule has 41 heteroatoms. The van der Waals surface area contributed by atoms with E-state index in [0.717, 1.165) is 76.3 Å². The molecule has 122 heavy (non-hydrogen) atoms. The summed E-state index contributed by atoms with van der Waals surface area (Å²) in [6.45, 7) is 8.82. The minimum absolute atomic E-state index is 0.0548. The maximum absolute atomic E-state index is 12.5. The normalized spacial score (nSPS) is 22.9. The molecule has 3 fully saturated rings. The summed E-state index contributed by atoms with van der Waals surface area (Å²) in [5.74, 6) is -0.165. The number of aliphatic hydroxyl groups is 12. The predicted molar refractivity (Wildman–Crippen MR) is 432 cm³/mol. The van der Waals surface area contributed by atoms with E-state index in [1.54, 1.807) is 66.7 Å². The van der Waals surface area contributed by atoms with Crippen molar-refractivity contribution in [2.24, 2.45) is 5.73 Å². The molecule has 0 spiro atoms. The highest BCUT2D eigenvalue weighted by Crippen LogP contribution is 2.26. The van der Waals surface area contributed by atoms with Gasteiger partial charge in [0.1, 0.15) is 79.8 Å². The molecule has 15 atom stereocenters. The fourth-order valence-corrected chi connectivity index (χ4v) is 13.8. The van der Waals surface area contributed by atoms with Crippen molar-refractivity contribution in [3.05, 3.63) is 258 Å². The number of anilines is 1. The van der Waals surface area contributed by atoms with Crippen LogP contribution in [0.25, 0.3) is 0 Å². The van der Waals surface area contributed by atoms with Gasteiger partial charge in [0.25, 0.3) is 0 Å². The number of carbonyl (C=O) groups is 1. The number of carbonyl (C=O) groups excluding carboxylic acids is 1. The fraction of sp³-hybridized carbons (Fsp3) is 0.444. The molecule has 3 aliphatic heterocycles. The zero-order valence-electron chi connectivity index (χ0n) is 67.1. The third kappa shape index (κ3) is 27.4. The highest BCUT2D eigenvalue weighted by atomic mass is 16.6. The molecular formula is C81H105N25O16. The molecule has 0 saturated carbocycles. The van der Waals surface area contributed by atoms with Gasteiger partial charge in [-0.2, -0.15) is 0 Å². The summed E-state index contributed by atoms with van der Waals surface area (Å²) in [5.41, 5.74) is 15.8. The molecule has 3 saturated heterocycles. The molecule has 0 bridgehead atoms. The predicted octanol–water partition coefficient (Wildman–Crippen LogP) is -2.62. The van der Waals surface area contributed by atoms with Crippen LogP contribution >= 0.6 is 0 Å². The molecule has 14 rings (SSSR count). The quantitative estimate of drug-likeness (QED) is 0.0189. The van der Waals surface area contributed by atoms with E-state index >= 15 is 0 Å². The minimum atomic E-state index is -1.68. The number of hydrogen-bond acceptors (Lipinski definition) is 36. The summed E-state index contributed by atoms with van der Waals surface area (Å²) < 4.78 is 21.7. The van der Waals surface area contributed by atoms with Crippen LogP contribution in [0.2, 0.25) is 0 Å². The van der Waals surface area contributed by atoms with Gasteiger partial charge in [-0.1, -0.05) is 69.4 Å². The topological polar surface area (TPSA) is 542 Å². The van der Waals surface area contributed by atoms with Crippen molar-refractivity contribution in [1.29, 1.82) is 0 Å². The van der Waals surface area contributed by atoms with Crippen LogP contribution < -0.4 is 11.1 Å². The van der Waals surface area contributed by atoms with Crippen molar-refractivity contribution in [3.63, 3.8) is 0 Å². The van der Waals surface area contributed by atoms with Crippen LogP contribution in [-0.2, 0) is 117 Å². The molecule has 3 aliphatic rings. The second-order valence-corrected chi connectivity index (χ2v) is 30.0. The number of ether oxygens (including phenoxy) is 3. The van der Waals surface area contributed by atoms with Gasteiger partial charge in [0, 0.05) is 153 Å². The molecule has 650 valence electrons. The van der Waals surface area contributed by atoms with E-state index in [0.29, 0.717) is 96.5 Å². The number of amides is 1. The Morgan fingerprint density at radius 1 is 0.352 bits per heavy atom. The summed E-state index contributed by atoms with van der Waals surface area (Å²) in [6.07, 6.45) is -3.54. The van der Waals surface area contributed by atoms with Gasteiger partial charge in [-0.15, -0.1) is 20.4 Å². The first-order chi connectivity index (χ1) is 59.1. The van der Waals surface area contributed by atoms with Gasteiger partial charge < -0.3 is 86.5 Å². The Balaban J connectivity index is 0.000000173. The fourth-order valence-electron chi connectivity index (χ4n) is 13.8. The molecule has 11 aromatic rings. The lowest BCUT2D eigenvalue weighted by Gasteiger charge is -2.38. The second-order valence-electron chi connectivity index (χ2n) is 30.0. The molecule has 13 heterocycles. The van der Waals surface area contributed by atoms with Gasteiger partial charge in [-0.3, -0.25) is 59.2 Å².